The van der Waals surface area contributed by atoms with E-state index in [9.17, 15) is 8.78 Å². The molecule has 1 heterocycles. The quantitative estimate of drug-likeness (QED) is 0.753. The molecule has 1 aliphatic rings. The van der Waals surface area contributed by atoms with Crippen LogP contribution in [0.3, 0.4) is 0 Å². The number of hydrogen-bond acceptors (Lipinski definition) is 3. The number of nitrogens with zero attached hydrogens (tertiary/aromatic N) is 1. The summed E-state index contributed by atoms with van der Waals surface area (Å²) in [6.07, 6.45) is -0.320. The molecule has 0 saturated carbocycles. The van der Waals surface area contributed by atoms with E-state index in [1.54, 1.807) is 11.9 Å². The lowest BCUT2D eigenvalue weighted by Crippen LogP contribution is -2.55. The molecule has 16 heavy (non-hydrogen) atoms. The van der Waals surface area contributed by atoms with Crippen molar-refractivity contribution >= 4 is 0 Å². The minimum atomic E-state index is -2.28. The molecule has 2 unspecified atom stereocenters. The van der Waals surface area contributed by atoms with Crippen LogP contribution in [0.1, 0.15) is 19.8 Å². The van der Waals surface area contributed by atoms with Crippen LogP contribution in [0.5, 0.6) is 0 Å². The van der Waals surface area contributed by atoms with Crippen LogP contribution in [-0.2, 0) is 4.74 Å². The molecule has 1 rings (SSSR count). The van der Waals surface area contributed by atoms with E-state index in [1.165, 1.54) is 0 Å². The number of hydrogen-bond donors (Lipinski definition) is 1. The average Bonchev–Trinajstić information content (AvgIpc) is 2.25. The van der Waals surface area contributed by atoms with Crippen molar-refractivity contribution in [2.45, 2.75) is 38.3 Å². The van der Waals surface area contributed by atoms with E-state index < -0.39 is 6.43 Å². The number of likely N-dealkylation sites (N-methyl/N-ethyl adjacent to an activating group) is 1. The van der Waals surface area contributed by atoms with Gasteiger partial charge in [0, 0.05) is 18.7 Å². The summed E-state index contributed by atoms with van der Waals surface area (Å²) in [6, 6.07) is 0.340. The molecule has 0 radical (unpaired) electrons. The zero-order valence-electron chi connectivity index (χ0n) is 10.1. The van der Waals surface area contributed by atoms with Crippen molar-refractivity contribution in [2.24, 2.45) is 0 Å². The van der Waals surface area contributed by atoms with Crippen LogP contribution < -0.4 is 5.32 Å². The molecule has 0 spiro atoms. The summed E-state index contributed by atoms with van der Waals surface area (Å²) in [5.41, 5.74) is 0. The molecule has 0 aromatic rings. The second-order valence-corrected chi connectivity index (χ2v) is 4.32. The summed E-state index contributed by atoms with van der Waals surface area (Å²) in [5.74, 6) is 0. The predicted octanol–water partition coefficient (Wildman–Crippen LogP) is 1.34. The van der Waals surface area contributed by atoms with Crippen molar-refractivity contribution < 1.29 is 13.5 Å². The van der Waals surface area contributed by atoms with Crippen LogP contribution in [0.25, 0.3) is 0 Å². The Labute approximate surface area is 96.1 Å². The molecule has 0 aromatic heterocycles. The molecule has 1 saturated heterocycles. The third kappa shape index (κ3) is 4.31. The fraction of sp³-hybridized carbons (Fsp3) is 1.00. The maximum atomic E-state index is 12.3. The minimum absolute atomic E-state index is 0.0642. The smallest absolute Gasteiger partial charge is 0.251 e. The van der Waals surface area contributed by atoms with E-state index in [-0.39, 0.29) is 18.6 Å². The Balaban J connectivity index is 2.45. The van der Waals surface area contributed by atoms with Crippen LogP contribution in [-0.4, -0.2) is 56.8 Å². The van der Waals surface area contributed by atoms with Gasteiger partial charge in [-0.25, -0.2) is 8.78 Å². The van der Waals surface area contributed by atoms with E-state index >= 15 is 0 Å². The number of ether oxygens (including phenoxy) is 1. The van der Waals surface area contributed by atoms with E-state index in [1.807, 2.05) is 0 Å². The number of rotatable bonds is 6. The van der Waals surface area contributed by atoms with Crippen molar-refractivity contribution in [3.05, 3.63) is 0 Å². The van der Waals surface area contributed by atoms with Gasteiger partial charge in [-0.15, -0.1) is 0 Å². The summed E-state index contributed by atoms with van der Waals surface area (Å²) < 4.78 is 30.0. The van der Waals surface area contributed by atoms with E-state index in [0.717, 1.165) is 26.0 Å². The molecule has 96 valence electrons. The number of nitrogens with one attached hydrogen (secondary N) is 1. The van der Waals surface area contributed by atoms with E-state index in [4.69, 9.17) is 4.74 Å². The Kier molecular flexibility index (Phi) is 6.16. The maximum Gasteiger partial charge on any atom is 0.251 e. The van der Waals surface area contributed by atoms with Gasteiger partial charge < -0.3 is 10.1 Å². The third-order valence-corrected chi connectivity index (χ3v) is 2.97. The Bertz CT molecular complexity index is 193. The highest BCUT2D eigenvalue weighted by Crippen LogP contribution is 2.14. The van der Waals surface area contributed by atoms with Gasteiger partial charge in [0.15, 0.2) is 0 Å². The molecule has 1 aliphatic heterocycles. The maximum absolute atomic E-state index is 12.3. The Morgan fingerprint density at radius 3 is 2.88 bits per heavy atom. The van der Waals surface area contributed by atoms with E-state index in [2.05, 4.69) is 12.2 Å². The zero-order chi connectivity index (χ0) is 12.0. The second-order valence-electron chi connectivity index (χ2n) is 4.32. The fourth-order valence-corrected chi connectivity index (χ4v) is 2.08. The first kappa shape index (κ1) is 13.8. The Morgan fingerprint density at radius 1 is 1.50 bits per heavy atom. The molecule has 0 amide bonds. The van der Waals surface area contributed by atoms with Gasteiger partial charge in [0.25, 0.3) is 6.43 Å². The highest BCUT2D eigenvalue weighted by molar-refractivity contribution is 4.86. The molecule has 1 fully saturated rings. The topological polar surface area (TPSA) is 24.5 Å². The molecule has 0 aliphatic carbocycles. The molecule has 0 aromatic carbocycles. The molecule has 2 atom stereocenters. The van der Waals surface area contributed by atoms with Gasteiger partial charge in [0.1, 0.15) is 0 Å². The average molecular weight is 236 g/mol. The summed E-state index contributed by atoms with van der Waals surface area (Å²) in [6.45, 7) is 4.12. The molecule has 1 N–H and O–H groups in total. The first-order valence-electron chi connectivity index (χ1n) is 5.94. The van der Waals surface area contributed by atoms with Gasteiger partial charge in [-0.1, -0.05) is 6.92 Å². The minimum Gasteiger partial charge on any atom is -0.380 e. The molecular formula is C11H22F2N2O. The summed E-state index contributed by atoms with van der Waals surface area (Å²) in [7, 11) is 1.74. The van der Waals surface area contributed by atoms with Gasteiger partial charge >= 0.3 is 0 Å². The first-order valence-corrected chi connectivity index (χ1v) is 5.94. The largest absolute Gasteiger partial charge is 0.380 e. The SMILES string of the molecule is CCCNC1CCOCC1N(C)CC(F)F. The van der Waals surface area contributed by atoms with Crippen molar-refractivity contribution in [1.29, 1.82) is 0 Å². The lowest BCUT2D eigenvalue weighted by atomic mass is 10.0. The third-order valence-electron chi connectivity index (χ3n) is 2.97. The Morgan fingerprint density at radius 2 is 2.25 bits per heavy atom. The monoisotopic (exact) mass is 236 g/mol. The molecule has 0 bridgehead atoms. The standard InChI is InChI=1S/C11H22F2N2O/c1-3-5-14-9-4-6-16-8-10(9)15(2)7-11(12)13/h9-11,14H,3-8H2,1-2H3. The van der Waals surface area contributed by atoms with Crippen LogP contribution in [0.4, 0.5) is 8.78 Å². The van der Waals surface area contributed by atoms with Crippen molar-refractivity contribution in [2.75, 3.05) is 33.4 Å². The first-order chi connectivity index (χ1) is 7.65. The highest BCUT2D eigenvalue weighted by atomic mass is 19.3. The van der Waals surface area contributed by atoms with Crippen LogP contribution in [0.15, 0.2) is 0 Å². The second kappa shape index (κ2) is 7.14. The zero-order valence-corrected chi connectivity index (χ0v) is 10.1. The van der Waals surface area contributed by atoms with Gasteiger partial charge in [-0.3, -0.25) is 4.90 Å². The highest BCUT2D eigenvalue weighted by Gasteiger charge is 2.29. The van der Waals surface area contributed by atoms with Gasteiger partial charge in [-0.2, -0.15) is 0 Å². The van der Waals surface area contributed by atoms with Crippen molar-refractivity contribution in [3.8, 4) is 0 Å². The summed E-state index contributed by atoms with van der Waals surface area (Å²) in [4.78, 5) is 1.71. The van der Waals surface area contributed by atoms with Crippen molar-refractivity contribution in [1.82, 2.24) is 10.2 Å². The lowest BCUT2D eigenvalue weighted by molar-refractivity contribution is -0.0130. The Hall–Kier alpha value is -0.260. The van der Waals surface area contributed by atoms with Crippen LogP contribution in [0, 0.1) is 0 Å². The van der Waals surface area contributed by atoms with Crippen LogP contribution in [0.2, 0.25) is 0 Å². The van der Waals surface area contributed by atoms with E-state index in [0.29, 0.717) is 6.61 Å². The summed E-state index contributed by atoms with van der Waals surface area (Å²) >= 11 is 0. The number of alkyl halides is 2. The lowest BCUT2D eigenvalue weighted by Gasteiger charge is -2.38. The van der Waals surface area contributed by atoms with Gasteiger partial charge in [-0.05, 0) is 26.4 Å². The van der Waals surface area contributed by atoms with Gasteiger partial charge in [0.2, 0.25) is 0 Å². The van der Waals surface area contributed by atoms with Crippen molar-refractivity contribution in [3.63, 3.8) is 0 Å². The summed E-state index contributed by atoms with van der Waals surface area (Å²) in [5, 5.41) is 3.41. The molecular weight excluding hydrogens is 214 g/mol. The van der Waals surface area contributed by atoms with Gasteiger partial charge in [0.05, 0.1) is 13.2 Å². The molecule has 5 heteroatoms. The van der Waals surface area contributed by atoms with Crippen LogP contribution >= 0.6 is 0 Å². The molecule has 3 nitrogen and oxygen atoms in total. The fourth-order valence-electron chi connectivity index (χ4n) is 2.08. The normalized spacial score (nSPS) is 26.6. The number of halogens is 2. The predicted molar refractivity (Wildman–Crippen MR) is 59.9 cm³/mol.